The van der Waals surface area contributed by atoms with Crippen LogP contribution in [0.5, 0.6) is 0 Å². The van der Waals surface area contributed by atoms with E-state index in [1.807, 2.05) is 19.1 Å². The summed E-state index contributed by atoms with van der Waals surface area (Å²) in [6.07, 6.45) is 0.920. The highest BCUT2D eigenvalue weighted by Gasteiger charge is 2.20. The van der Waals surface area contributed by atoms with Gasteiger partial charge in [-0.25, -0.2) is 0 Å². The first-order valence-electron chi connectivity index (χ1n) is 11.3. The van der Waals surface area contributed by atoms with Gasteiger partial charge in [0.2, 0.25) is 5.91 Å². The lowest BCUT2D eigenvalue weighted by molar-refractivity contribution is -0.754. The molecule has 3 aromatic rings. The second kappa shape index (κ2) is 12.1. The van der Waals surface area contributed by atoms with E-state index in [1.165, 1.54) is 5.56 Å². The predicted molar refractivity (Wildman–Crippen MR) is 134 cm³/mol. The van der Waals surface area contributed by atoms with Gasteiger partial charge < -0.3 is 4.84 Å². The van der Waals surface area contributed by atoms with E-state index in [4.69, 9.17) is 12.2 Å². The van der Waals surface area contributed by atoms with E-state index >= 15 is 0 Å². The standard InChI is InChI=1S/C24H28N6O5S/c1-15(2)12-17-8-10-18(11-9-17)16(3)23-27-28-24(36)29(23)20-7-5-4-6-19(20)13-21(31)25-26-22(32)14-35-30(33)34/h4-11,15-16H,12-14H2,1-3H3,(H,25,31)(H,26,32)(H,28,36). The van der Waals surface area contributed by atoms with Gasteiger partial charge in [0.1, 0.15) is 5.82 Å². The Labute approximate surface area is 212 Å². The summed E-state index contributed by atoms with van der Waals surface area (Å²) in [5, 5.41) is 16.4. The Morgan fingerprint density at radius 3 is 2.44 bits per heavy atom. The van der Waals surface area contributed by atoms with E-state index in [2.05, 4.69) is 64.0 Å². The van der Waals surface area contributed by atoms with Crippen molar-refractivity contribution in [2.24, 2.45) is 5.92 Å². The van der Waals surface area contributed by atoms with Gasteiger partial charge in [-0.05, 0) is 47.3 Å². The van der Waals surface area contributed by atoms with Crippen LogP contribution in [0.1, 0.15) is 49.2 Å². The number of amides is 2. The number of hydrogen-bond acceptors (Lipinski definition) is 7. The summed E-state index contributed by atoms with van der Waals surface area (Å²) >= 11 is 5.52. The summed E-state index contributed by atoms with van der Waals surface area (Å²) in [4.78, 5) is 38.1. The number of nitrogens with zero attached hydrogens (tertiary/aromatic N) is 3. The minimum atomic E-state index is -1.09. The molecule has 1 atom stereocenters. The Balaban J connectivity index is 1.80. The van der Waals surface area contributed by atoms with Crippen molar-refractivity contribution in [2.45, 2.75) is 39.5 Å². The average Bonchev–Trinajstić information content (AvgIpc) is 3.22. The number of rotatable bonds is 10. The van der Waals surface area contributed by atoms with Gasteiger partial charge in [0.25, 0.3) is 11.0 Å². The van der Waals surface area contributed by atoms with E-state index in [9.17, 15) is 19.7 Å². The third kappa shape index (κ3) is 6.98. The molecule has 3 rings (SSSR count). The molecule has 36 heavy (non-hydrogen) atoms. The number of aromatic amines is 1. The fourth-order valence-corrected chi connectivity index (χ4v) is 4.02. The Morgan fingerprint density at radius 2 is 1.78 bits per heavy atom. The van der Waals surface area contributed by atoms with Crippen LogP contribution in [-0.4, -0.2) is 38.3 Å². The van der Waals surface area contributed by atoms with E-state index in [-0.39, 0.29) is 12.3 Å². The Hall–Kier alpha value is -4.06. The predicted octanol–water partition coefficient (Wildman–Crippen LogP) is 3.18. The summed E-state index contributed by atoms with van der Waals surface area (Å²) in [7, 11) is 0. The van der Waals surface area contributed by atoms with Crippen LogP contribution in [0.15, 0.2) is 48.5 Å². The molecule has 0 saturated heterocycles. The number of benzene rings is 2. The molecule has 0 radical (unpaired) electrons. The van der Waals surface area contributed by atoms with E-state index in [0.29, 0.717) is 27.8 Å². The van der Waals surface area contributed by atoms with Crippen molar-refractivity contribution in [3.8, 4) is 5.69 Å². The molecule has 0 aliphatic rings. The SMILES string of the molecule is CC(C)Cc1ccc(C(C)c2n[nH]c(=S)n2-c2ccccc2CC(=O)NNC(=O)CO[N+](=O)[O-])cc1. The molecule has 190 valence electrons. The molecule has 12 heteroatoms. The van der Waals surface area contributed by atoms with E-state index in [0.717, 1.165) is 12.0 Å². The van der Waals surface area contributed by atoms with Crippen molar-refractivity contribution in [1.82, 2.24) is 25.6 Å². The maximum absolute atomic E-state index is 12.5. The summed E-state index contributed by atoms with van der Waals surface area (Å²) in [5.41, 5.74) is 7.97. The number of nitrogens with one attached hydrogen (secondary N) is 3. The Kier molecular flexibility index (Phi) is 8.90. The number of hydrogen-bond donors (Lipinski definition) is 3. The number of carbonyl (C=O) groups is 2. The number of H-pyrrole nitrogens is 1. The molecule has 2 amide bonds. The molecule has 0 aliphatic carbocycles. The molecular weight excluding hydrogens is 484 g/mol. The number of carbonyl (C=O) groups excluding carboxylic acids is 2. The van der Waals surface area contributed by atoms with Crippen molar-refractivity contribution >= 4 is 24.0 Å². The molecule has 0 saturated carbocycles. The van der Waals surface area contributed by atoms with Crippen LogP contribution < -0.4 is 10.9 Å². The van der Waals surface area contributed by atoms with Crippen molar-refractivity contribution in [2.75, 3.05) is 6.61 Å². The molecule has 0 bridgehead atoms. The van der Waals surface area contributed by atoms with Crippen molar-refractivity contribution in [1.29, 1.82) is 0 Å². The van der Waals surface area contributed by atoms with Crippen LogP contribution in [0.2, 0.25) is 0 Å². The molecule has 0 aliphatic heterocycles. The zero-order valence-electron chi connectivity index (χ0n) is 20.2. The molecule has 0 fully saturated rings. The molecule has 11 nitrogen and oxygen atoms in total. The van der Waals surface area contributed by atoms with Crippen molar-refractivity contribution in [3.63, 3.8) is 0 Å². The third-order valence-corrected chi connectivity index (χ3v) is 5.71. The average molecular weight is 513 g/mol. The lowest BCUT2D eigenvalue weighted by atomic mass is 9.96. The fourth-order valence-electron chi connectivity index (χ4n) is 3.78. The zero-order valence-corrected chi connectivity index (χ0v) is 21.0. The van der Waals surface area contributed by atoms with Crippen LogP contribution in [0, 0.1) is 20.8 Å². The van der Waals surface area contributed by atoms with Crippen LogP contribution in [0.4, 0.5) is 0 Å². The second-order valence-corrected chi connectivity index (χ2v) is 9.07. The number of aromatic nitrogens is 3. The normalized spacial score (nSPS) is 11.7. The van der Waals surface area contributed by atoms with Gasteiger partial charge in [-0.3, -0.25) is 30.1 Å². The van der Waals surface area contributed by atoms with Gasteiger partial charge in [-0.2, -0.15) is 5.10 Å². The fraction of sp³-hybridized carbons (Fsp3) is 0.333. The molecule has 1 unspecified atom stereocenters. The van der Waals surface area contributed by atoms with Crippen LogP contribution in [0.25, 0.3) is 5.69 Å². The molecule has 1 heterocycles. The first kappa shape index (κ1) is 26.5. The largest absolute Gasteiger partial charge is 0.304 e. The van der Waals surface area contributed by atoms with E-state index < -0.39 is 23.5 Å². The van der Waals surface area contributed by atoms with Crippen LogP contribution in [-0.2, 0) is 27.3 Å². The minimum Gasteiger partial charge on any atom is -0.304 e. The molecule has 0 spiro atoms. The van der Waals surface area contributed by atoms with Crippen LogP contribution >= 0.6 is 12.2 Å². The lowest BCUT2D eigenvalue weighted by Crippen LogP contribution is -2.44. The third-order valence-electron chi connectivity index (χ3n) is 5.44. The van der Waals surface area contributed by atoms with Gasteiger partial charge >= 0.3 is 0 Å². The van der Waals surface area contributed by atoms with Gasteiger partial charge in [0.15, 0.2) is 11.4 Å². The smallest absolute Gasteiger partial charge is 0.295 e. The second-order valence-electron chi connectivity index (χ2n) is 8.68. The van der Waals surface area contributed by atoms with Crippen molar-refractivity contribution in [3.05, 3.63) is 85.9 Å². The summed E-state index contributed by atoms with van der Waals surface area (Å²) in [6.45, 7) is 5.58. The van der Waals surface area contributed by atoms with Gasteiger partial charge in [0.05, 0.1) is 12.1 Å². The maximum atomic E-state index is 12.5. The molecule has 2 aromatic carbocycles. The van der Waals surface area contributed by atoms with Gasteiger partial charge in [-0.15, -0.1) is 10.1 Å². The quantitative estimate of drug-likeness (QED) is 0.215. The molecular formula is C24H28N6O5S. The van der Waals surface area contributed by atoms with E-state index in [1.54, 1.807) is 16.7 Å². The first-order chi connectivity index (χ1) is 17.2. The van der Waals surface area contributed by atoms with Gasteiger partial charge in [-0.1, -0.05) is 63.2 Å². The topological polar surface area (TPSA) is 144 Å². The molecule has 1 aromatic heterocycles. The zero-order chi connectivity index (χ0) is 26.2. The first-order valence-corrected chi connectivity index (χ1v) is 11.8. The summed E-state index contributed by atoms with van der Waals surface area (Å²) in [6, 6.07) is 15.7. The van der Waals surface area contributed by atoms with Crippen molar-refractivity contribution < 1.29 is 19.5 Å². The maximum Gasteiger partial charge on any atom is 0.295 e. The highest BCUT2D eigenvalue weighted by Crippen LogP contribution is 2.27. The highest BCUT2D eigenvalue weighted by atomic mass is 32.1. The minimum absolute atomic E-state index is 0.0861. The highest BCUT2D eigenvalue weighted by molar-refractivity contribution is 7.71. The monoisotopic (exact) mass is 512 g/mol. The Bertz CT molecular complexity index is 1280. The number of para-hydroxylation sites is 1. The number of hydrazine groups is 1. The summed E-state index contributed by atoms with van der Waals surface area (Å²) in [5.74, 6) is -0.215. The summed E-state index contributed by atoms with van der Waals surface area (Å²) < 4.78 is 2.18. The molecule has 3 N–H and O–H groups in total. The Morgan fingerprint density at radius 1 is 1.11 bits per heavy atom. The van der Waals surface area contributed by atoms with Gasteiger partial charge in [0, 0.05) is 5.92 Å². The van der Waals surface area contributed by atoms with Crippen LogP contribution in [0.3, 0.4) is 0 Å². The lowest BCUT2D eigenvalue weighted by Gasteiger charge is -2.17.